The van der Waals surface area contributed by atoms with Crippen LogP contribution in [-0.2, 0) is 26.2 Å². The van der Waals surface area contributed by atoms with Gasteiger partial charge in [-0.1, -0.05) is 29.8 Å². The van der Waals surface area contributed by atoms with Gasteiger partial charge in [0.2, 0.25) is 0 Å². The van der Waals surface area contributed by atoms with Gasteiger partial charge >= 0.3 is 0 Å². The topological polar surface area (TPSA) is 83.6 Å². The molecule has 2 aliphatic heterocycles. The average Bonchev–Trinajstić information content (AvgIpc) is 3.02. The van der Waals surface area contributed by atoms with Crippen LogP contribution in [0.3, 0.4) is 0 Å². The average molecular weight is 393 g/mol. The molecule has 24 heavy (non-hydrogen) atoms. The number of sulfone groups is 2. The SMILES string of the molecule is O=S1(=O)CC[C@H](NN(Cc2ccccc2Cl)[C@H]2CCS(=O)(=O)C2)C1. The maximum absolute atomic E-state index is 11.8. The number of rotatable bonds is 5. The van der Waals surface area contributed by atoms with Gasteiger partial charge in [0.15, 0.2) is 19.7 Å². The first-order chi connectivity index (χ1) is 11.2. The normalized spacial score (nSPS) is 28.4. The Hall–Kier alpha value is -0.670. The Labute approximate surface area is 148 Å². The molecule has 1 aromatic rings. The molecule has 2 saturated heterocycles. The lowest BCUT2D eigenvalue weighted by molar-refractivity contribution is 0.108. The van der Waals surface area contributed by atoms with Gasteiger partial charge in [0.1, 0.15) is 0 Å². The van der Waals surface area contributed by atoms with E-state index in [0.29, 0.717) is 24.4 Å². The zero-order chi connectivity index (χ0) is 17.4. The lowest BCUT2D eigenvalue weighted by Gasteiger charge is -2.31. The van der Waals surface area contributed by atoms with Crippen LogP contribution in [0.5, 0.6) is 0 Å². The summed E-state index contributed by atoms with van der Waals surface area (Å²) in [6.45, 7) is 0.441. The van der Waals surface area contributed by atoms with E-state index >= 15 is 0 Å². The van der Waals surface area contributed by atoms with E-state index in [-0.39, 0.29) is 35.1 Å². The van der Waals surface area contributed by atoms with Gasteiger partial charge in [-0.3, -0.25) is 5.43 Å². The van der Waals surface area contributed by atoms with Crippen molar-refractivity contribution in [1.82, 2.24) is 10.4 Å². The third-order valence-electron chi connectivity index (χ3n) is 4.53. The van der Waals surface area contributed by atoms with E-state index < -0.39 is 19.7 Å². The van der Waals surface area contributed by atoms with Crippen molar-refractivity contribution >= 4 is 31.3 Å². The number of benzene rings is 1. The van der Waals surface area contributed by atoms with Gasteiger partial charge in [0.25, 0.3) is 0 Å². The van der Waals surface area contributed by atoms with Crippen LogP contribution in [0.2, 0.25) is 5.02 Å². The number of nitrogens with one attached hydrogen (secondary N) is 1. The lowest BCUT2D eigenvalue weighted by Crippen LogP contribution is -2.50. The molecule has 2 fully saturated rings. The molecule has 1 aromatic carbocycles. The summed E-state index contributed by atoms with van der Waals surface area (Å²) in [5, 5.41) is 2.49. The molecule has 2 atom stereocenters. The predicted molar refractivity (Wildman–Crippen MR) is 94.2 cm³/mol. The second kappa shape index (κ2) is 6.92. The summed E-state index contributed by atoms with van der Waals surface area (Å²) in [5.74, 6) is 0.518. The molecular weight excluding hydrogens is 372 g/mol. The first-order valence-corrected chi connectivity index (χ1v) is 11.9. The number of hydrogen-bond acceptors (Lipinski definition) is 6. The molecule has 2 aliphatic rings. The summed E-state index contributed by atoms with van der Waals surface area (Å²) < 4.78 is 47.0. The van der Waals surface area contributed by atoms with Gasteiger partial charge in [0.05, 0.1) is 23.0 Å². The van der Waals surface area contributed by atoms with E-state index in [2.05, 4.69) is 5.43 Å². The monoisotopic (exact) mass is 392 g/mol. The molecule has 0 radical (unpaired) electrons. The quantitative estimate of drug-likeness (QED) is 0.753. The van der Waals surface area contributed by atoms with Gasteiger partial charge in [-0.15, -0.1) is 0 Å². The number of hydrogen-bond donors (Lipinski definition) is 1. The number of halogens is 1. The second-order valence-corrected chi connectivity index (χ2v) is 11.4. The molecule has 0 unspecified atom stereocenters. The molecule has 134 valence electrons. The summed E-state index contributed by atoms with van der Waals surface area (Å²) in [4.78, 5) is 0. The van der Waals surface area contributed by atoms with Crippen LogP contribution in [0.1, 0.15) is 18.4 Å². The Morgan fingerprint density at radius 1 is 1.04 bits per heavy atom. The fourth-order valence-electron chi connectivity index (χ4n) is 3.24. The highest BCUT2D eigenvalue weighted by molar-refractivity contribution is 7.91. The minimum Gasteiger partial charge on any atom is -0.250 e. The van der Waals surface area contributed by atoms with Gasteiger partial charge in [-0.05, 0) is 24.5 Å². The van der Waals surface area contributed by atoms with Crippen LogP contribution < -0.4 is 5.43 Å². The molecule has 0 aliphatic carbocycles. The zero-order valence-corrected chi connectivity index (χ0v) is 15.6. The maximum Gasteiger partial charge on any atom is 0.151 e. The van der Waals surface area contributed by atoms with Crippen LogP contribution in [0.4, 0.5) is 0 Å². The molecular formula is C15H21ClN2O4S2. The minimum atomic E-state index is -3.03. The van der Waals surface area contributed by atoms with E-state index in [9.17, 15) is 16.8 Å². The molecule has 3 rings (SSSR count). The summed E-state index contributed by atoms with van der Waals surface area (Å²) in [7, 11) is -6.03. The fraction of sp³-hybridized carbons (Fsp3) is 0.600. The predicted octanol–water partition coefficient (Wildman–Crippen LogP) is 1.02. The Morgan fingerprint density at radius 3 is 2.29 bits per heavy atom. The first kappa shape index (κ1) is 18.1. The summed E-state index contributed by atoms with van der Waals surface area (Å²) in [6, 6.07) is 7.06. The Balaban J connectivity index is 1.77. The summed E-state index contributed by atoms with van der Waals surface area (Å²) in [6.07, 6.45) is 1.08. The second-order valence-electron chi connectivity index (χ2n) is 6.51. The third-order valence-corrected chi connectivity index (χ3v) is 8.42. The zero-order valence-electron chi connectivity index (χ0n) is 13.2. The smallest absolute Gasteiger partial charge is 0.151 e. The molecule has 0 spiro atoms. The number of nitrogens with zero attached hydrogens (tertiary/aromatic N) is 1. The highest BCUT2D eigenvalue weighted by Crippen LogP contribution is 2.23. The van der Waals surface area contributed by atoms with Crippen molar-refractivity contribution in [3.05, 3.63) is 34.9 Å². The molecule has 6 nitrogen and oxygen atoms in total. The van der Waals surface area contributed by atoms with Gasteiger partial charge in [0, 0.05) is 23.7 Å². The molecule has 0 saturated carbocycles. The van der Waals surface area contributed by atoms with Crippen molar-refractivity contribution in [2.75, 3.05) is 23.0 Å². The van der Waals surface area contributed by atoms with Gasteiger partial charge in [-0.25, -0.2) is 21.8 Å². The van der Waals surface area contributed by atoms with E-state index in [0.717, 1.165) is 5.56 Å². The maximum atomic E-state index is 11.8. The molecule has 0 aromatic heterocycles. The molecule has 0 bridgehead atoms. The molecule has 2 heterocycles. The number of hydrazine groups is 1. The standard InChI is InChI=1S/C15H21ClN2O4S2/c16-15-4-2-1-3-12(15)9-18(14-6-8-24(21,22)11-14)17-13-5-7-23(19,20)10-13/h1-4,13-14,17H,5-11H2/t13-,14-/m0/s1. The fourth-order valence-corrected chi connectivity index (χ4v) is 6.83. The van der Waals surface area contributed by atoms with Crippen LogP contribution in [-0.4, -0.2) is 56.9 Å². The van der Waals surface area contributed by atoms with Gasteiger partial charge in [-0.2, -0.15) is 0 Å². The first-order valence-electron chi connectivity index (χ1n) is 7.91. The Bertz CT molecular complexity index is 811. The van der Waals surface area contributed by atoms with Crippen LogP contribution >= 0.6 is 11.6 Å². The largest absolute Gasteiger partial charge is 0.250 e. The van der Waals surface area contributed by atoms with Crippen molar-refractivity contribution in [2.24, 2.45) is 0 Å². The Kier molecular flexibility index (Phi) is 5.22. The van der Waals surface area contributed by atoms with Crippen LogP contribution in [0.25, 0.3) is 0 Å². The highest BCUT2D eigenvalue weighted by atomic mass is 35.5. The van der Waals surface area contributed by atoms with E-state index in [1.807, 2.05) is 23.2 Å². The Morgan fingerprint density at radius 2 is 1.71 bits per heavy atom. The summed E-state index contributed by atoms with van der Waals surface area (Å²) in [5.41, 5.74) is 4.14. The van der Waals surface area contributed by atoms with Crippen LogP contribution in [0, 0.1) is 0 Å². The van der Waals surface area contributed by atoms with Crippen molar-refractivity contribution in [1.29, 1.82) is 0 Å². The van der Waals surface area contributed by atoms with E-state index in [4.69, 9.17) is 11.6 Å². The summed E-state index contributed by atoms with van der Waals surface area (Å²) >= 11 is 6.22. The molecule has 1 N–H and O–H groups in total. The molecule has 0 amide bonds. The van der Waals surface area contributed by atoms with Gasteiger partial charge < -0.3 is 0 Å². The lowest BCUT2D eigenvalue weighted by atomic mass is 10.2. The van der Waals surface area contributed by atoms with Crippen molar-refractivity contribution in [3.8, 4) is 0 Å². The minimum absolute atomic E-state index is 0.0872. The van der Waals surface area contributed by atoms with Crippen LogP contribution in [0.15, 0.2) is 24.3 Å². The van der Waals surface area contributed by atoms with Crippen molar-refractivity contribution < 1.29 is 16.8 Å². The van der Waals surface area contributed by atoms with Crippen molar-refractivity contribution in [2.45, 2.75) is 31.5 Å². The molecule has 9 heteroatoms. The van der Waals surface area contributed by atoms with E-state index in [1.54, 1.807) is 6.07 Å². The third kappa shape index (κ3) is 4.49. The highest BCUT2D eigenvalue weighted by Gasteiger charge is 2.35. The van der Waals surface area contributed by atoms with Crippen molar-refractivity contribution in [3.63, 3.8) is 0 Å². The van der Waals surface area contributed by atoms with E-state index in [1.165, 1.54) is 0 Å².